The van der Waals surface area contributed by atoms with Crippen molar-refractivity contribution in [3.05, 3.63) is 71.8 Å². The van der Waals surface area contributed by atoms with Gasteiger partial charge in [0, 0.05) is 5.54 Å². The predicted molar refractivity (Wildman–Crippen MR) is 134 cm³/mol. The molecule has 0 radical (unpaired) electrons. The lowest BCUT2D eigenvalue weighted by atomic mass is 9.65. The number of rotatable bonds is 8. The van der Waals surface area contributed by atoms with Crippen molar-refractivity contribution in [2.75, 3.05) is 0 Å². The van der Waals surface area contributed by atoms with Gasteiger partial charge in [0.2, 0.25) is 5.91 Å². The Kier molecular flexibility index (Phi) is 8.04. The monoisotopic (exact) mass is 479 g/mol. The summed E-state index contributed by atoms with van der Waals surface area (Å²) in [6.07, 6.45) is 0.406. The van der Waals surface area contributed by atoms with E-state index >= 15 is 0 Å². The van der Waals surface area contributed by atoms with Crippen LogP contribution in [0.4, 0.5) is 0 Å². The second-order valence-electron chi connectivity index (χ2n) is 10.5. The minimum absolute atomic E-state index is 0.0644. The summed E-state index contributed by atoms with van der Waals surface area (Å²) in [6, 6.07) is 17.7. The Balaban J connectivity index is 2.00. The van der Waals surface area contributed by atoms with Crippen LogP contribution in [-0.2, 0) is 37.1 Å². The van der Waals surface area contributed by atoms with E-state index < -0.39 is 34.9 Å². The summed E-state index contributed by atoms with van der Waals surface area (Å²) in [7, 11) is 0. The highest BCUT2D eigenvalue weighted by atomic mass is 16.5. The van der Waals surface area contributed by atoms with E-state index in [9.17, 15) is 14.4 Å². The van der Waals surface area contributed by atoms with Crippen LogP contribution >= 0.6 is 0 Å². The van der Waals surface area contributed by atoms with Gasteiger partial charge in [-0.2, -0.15) is 0 Å². The molecule has 0 aromatic heterocycles. The van der Waals surface area contributed by atoms with Crippen molar-refractivity contribution in [3.8, 4) is 0 Å². The summed E-state index contributed by atoms with van der Waals surface area (Å²) in [6.45, 7) is 11.5. The molecule has 1 saturated heterocycles. The Labute approximate surface area is 208 Å². The van der Waals surface area contributed by atoms with Gasteiger partial charge in [-0.3, -0.25) is 9.59 Å². The lowest BCUT2D eigenvalue weighted by Gasteiger charge is -2.37. The lowest BCUT2D eigenvalue weighted by Crippen LogP contribution is -2.53. The van der Waals surface area contributed by atoms with Crippen molar-refractivity contribution in [2.24, 2.45) is 17.3 Å². The molecule has 1 aliphatic rings. The van der Waals surface area contributed by atoms with Gasteiger partial charge in [0.15, 0.2) is 0 Å². The first-order chi connectivity index (χ1) is 16.5. The standard InChI is InChI=1S/C29H37NO5/c1-7-29(20(2)3)23(25(31)34-18-21-14-10-8-11-15-21)24(30(27(29)33)28(4,5)6)26(32)35-19-22-16-12-9-13-17-22/h8-17,20,23-24H,7,18-19H2,1-6H3. The summed E-state index contributed by atoms with van der Waals surface area (Å²) in [5.41, 5.74) is -0.0941. The molecular weight excluding hydrogens is 442 g/mol. The van der Waals surface area contributed by atoms with Crippen molar-refractivity contribution in [3.63, 3.8) is 0 Å². The van der Waals surface area contributed by atoms with Gasteiger partial charge in [0.1, 0.15) is 25.2 Å². The molecule has 1 aliphatic heterocycles. The number of hydrogen-bond acceptors (Lipinski definition) is 5. The molecule has 6 nitrogen and oxygen atoms in total. The molecule has 1 amide bonds. The van der Waals surface area contributed by atoms with Crippen molar-refractivity contribution in [2.45, 2.75) is 72.8 Å². The van der Waals surface area contributed by atoms with E-state index in [1.54, 1.807) is 4.90 Å². The molecule has 3 rings (SSSR count). The maximum atomic E-state index is 14.0. The zero-order valence-electron chi connectivity index (χ0n) is 21.6. The average Bonchev–Trinajstić information content (AvgIpc) is 3.12. The van der Waals surface area contributed by atoms with Crippen LogP contribution in [-0.4, -0.2) is 34.3 Å². The van der Waals surface area contributed by atoms with E-state index in [1.807, 2.05) is 102 Å². The molecule has 0 saturated carbocycles. The summed E-state index contributed by atoms with van der Waals surface area (Å²) in [5.74, 6) is -2.51. The number of ether oxygens (including phenoxy) is 2. The highest BCUT2D eigenvalue weighted by Gasteiger charge is 2.67. The van der Waals surface area contributed by atoms with Crippen molar-refractivity contribution in [1.82, 2.24) is 4.90 Å². The summed E-state index contributed by atoms with van der Waals surface area (Å²) >= 11 is 0. The van der Waals surface area contributed by atoms with Gasteiger partial charge in [-0.15, -0.1) is 0 Å². The Morgan fingerprint density at radius 2 is 1.34 bits per heavy atom. The third-order valence-electron chi connectivity index (χ3n) is 7.05. The summed E-state index contributed by atoms with van der Waals surface area (Å²) in [4.78, 5) is 42.9. The molecule has 188 valence electrons. The minimum Gasteiger partial charge on any atom is -0.461 e. The molecule has 0 N–H and O–H groups in total. The first-order valence-electron chi connectivity index (χ1n) is 12.3. The van der Waals surface area contributed by atoms with Crippen LogP contribution in [0.3, 0.4) is 0 Å². The van der Waals surface area contributed by atoms with E-state index in [4.69, 9.17) is 9.47 Å². The Hall–Kier alpha value is -3.15. The lowest BCUT2D eigenvalue weighted by molar-refractivity contribution is -0.165. The van der Waals surface area contributed by atoms with Crippen molar-refractivity contribution >= 4 is 17.8 Å². The largest absolute Gasteiger partial charge is 0.461 e. The first-order valence-corrected chi connectivity index (χ1v) is 12.3. The van der Waals surface area contributed by atoms with E-state index in [-0.39, 0.29) is 25.0 Å². The van der Waals surface area contributed by atoms with E-state index in [0.29, 0.717) is 6.42 Å². The molecular formula is C29H37NO5. The molecule has 1 heterocycles. The number of nitrogens with zero attached hydrogens (tertiary/aromatic N) is 1. The van der Waals surface area contributed by atoms with Gasteiger partial charge in [-0.1, -0.05) is 81.4 Å². The van der Waals surface area contributed by atoms with Gasteiger partial charge >= 0.3 is 11.9 Å². The zero-order chi connectivity index (χ0) is 25.8. The van der Waals surface area contributed by atoms with E-state index in [1.165, 1.54) is 0 Å². The number of carbonyl (C=O) groups is 3. The maximum Gasteiger partial charge on any atom is 0.330 e. The fourth-order valence-electron chi connectivity index (χ4n) is 5.23. The molecule has 2 aromatic rings. The number of esters is 2. The van der Waals surface area contributed by atoms with Crippen LogP contribution in [0.2, 0.25) is 0 Å². The topological polar surface area (TPSA) is 72.9 Å². The third kappa shape index (κ3) is 5.26. The maximum absolute atomic E-state index is 14.0. The number of likely N-dealkylation sites (tertiary alicyclic amines) is 1. The summed E-state index contributed by atoms with van der Waals surface area (Å²) < 4.78 is 11.5. The highest BCUT2D eigenvalue weighted by Crippen LogP contribution is 2.52. The Morgan fingerprint density at radius 1 is 0.886 bits per heavy atom. The molecule has 6 heteroatoms. The van der Waals surface area contributed by atoms with E-state index in [0.717, 1.165) is 11.1 Å². The normalized spacial score (nSPS) is 22.4. The van der Waals surface area contributed by atoms with Gasteiger partial charge in [0.25, 0.3) is 0 Å². The predicted octanol–water partition coefficient (Wildman–Crippen LogP) is 5.15. The fraction of sp³-hybridized carbons (Fsp3) is 0.483. The average molecular weight is 480 g/mol. The van der Waals surface area contributed by atoms with Gasteiger partial charge < -0.3 is 14.4 Å². The third-order valence-corrected chi connectivity index (χ3v) is 7.05. The minimum atomic E-state index is -1.07. The molecule has 35 heavy (non-hydrogen) atoms. The van der Waals surface area contributed by atoms with Crippen LogP contribution in [0, 0.1) is 17.3 Å². The number of hydrogen-bond donors (Lipinski definition) is 0. The molecule has 0 aliphatic carbocycles. The number of benzene rings is 2. The second kappa shape index (κ2) is 10.6. The van der Waals surface area contributed by atoms with Crippen LogP contribution in [0.1, 0.15) is 59.1 Å². The Morgan fingerprint density at radius 3 is 1.74 bits per heavy atom. The second-order valence-corrected chi connectivity index (χ2v) is 10.5. The van der Waals surface area contributed by atoms with Crippen molar-refractivity contribution in [1.29, 1.82) is 0 Å². The smallest absolute Gasteiger partial charge is 0.330 e. The molecule has 3 unspecified atom stereocenters. The molecule has 0 spiro atoms. The number of amides is 1. The van der Waals surface area contributed by atoms with Gasteiger partial charge in [-0.05, 0) is 44.2 Å². The zero-order valence-corrected chi connectivity index (χ0v) is 21.6. The quantitative estimate of drug-likeness (QED) is 0.490. The highest BCUT2D eigenvalue weighted by molar-refractivity contribution is 6.00. The SMILES string of the molecule is CCC1(C(C)C)C(=O)N(C(C)(C)C)C(C(=O)OCc2ccccc2)C1C(=O)OCc1ccccc1. The van der Waals surface area contributed by atoms with Crippen LogP contribution < -0.4 is 0 Å². The molecule has 1 fully saturated rings. The Bertz CT molecular complexity index is 1030. The van der Waals surface area contributed by atoms with E-state index in [2.05, 4.69) is 0 Å². The fourth-order valence-corrected chi connectivity index (χ4v) is 5.23. The first kappa shape index (κ1) is 26.5. The van der Waals surface area contributed by atoms with Crippen LogP contribution in [0.15, 0.2) is 60.7 Å². The van der Waals surface area contributed by atoms with Gasteiger partial charge in [0.05, 0.1) is 5.41 Å². The number of carbonyl (C=O) groups excluding carboxylic acids is 3. The van der Waals surface area contributed by atoms with Crippen LogP contribution in [0.5, 0.6) is 0 Å². The van der Waals surface area contributed by atoms with Crippen molar-refractivity contribution < 1.29 is 23.9 Å². The van der Waals surface area contributed by atoms with Crippen LogP contribution in [0.25, 0.3) is 0 Å². The molecule has 3 atom stereocenters. The summed E-state index contributed by atoms with van der Waals surface area (Å²) in [5, 5.41) is 0. The molecule has 0 bridgehead atoms. The molecule has 2 aromatic carbocycles. The van der Waals surface area contributed by atoms with Gasteiger partial charge in [-0.25, -0.2) is 4.79 Å².